The van der Waals surface area contributed by atoms with Crippen molar-refractivity contribution in [2.45, 2.75) is 31.3 Å². The summed E-state index contributed by atoms with van der Waals surface area (Å²) in [5, 5.41) is 2.06. The molecule has 1 saturated carbocycles. The van der Waals surface area contributed by atoms with Gasteiger partial charge in [0.2, 0.25) is 0 Å². The average molecular weight is 426 g/mol. The molecular weight excluding hydrogens is 402 g/mol. The minimum absolute atomic E-state index is 0.270. The van der Waals surface area contributed by atoms with Crippen molar-refractivity contribution >= 4 is 21.6 Å². The molecule has 1 fully saturated rings. The lowest BCUT2D eigenvalue weighted by Crippen LogP contribution is -2.36. The van der Waals surface area contributed by atoms with Gasteiger partial charge in [0.05, 0.1) is 22.0 Å². The van der Waals surface area contributed by atoms with Crippen molar-refractivity contribution < 1.29 is 0 Å². The van der Waals surface area contributed by atoms with Gasteiger partial charge in [0.25, 0.3) is 0 Å². The number of hydrogen-bond acceptors (Lipinski definition) is 6. The van der Waals surface area contributed by atoms with Gasteiger partial charge in [-0.05, 0) is 37.0 Å². The van der Waals surface area contributed by atoms with E-state index in [1.807, 2.05) is 30.3 Å². The smallest absolute Gasteiger partial charge is 0.160 e. The molecule has 2 unspecified atom stereocenters. The summed E-state index contributed by atoms with van der Waals surface area (Å²) in [6, 6.07) is 13.3. The third-order valence-electron chi connectivity index (χ3n) is 5.46. The largest absolute Gasteiger partial charge is 0.326 e. The van der Waals surface area contributed by atoms with E-state index in [2.05, 4.69) is 34.3 Å². The zero-order valence-corrected chi connectivity index (χ0v) is 17.8. The van der Waals surface area contributed by atoms with Crippen molar-refractivity contribution in [1.29, 1.82) is 0 Å². The maximum Gasteiger partial charge on any atom is 0.160 e. The summed E-state index contributed by atoms with van der Waals surface area (Å²) < 4.78 is 0.967. The molecule has 0 bridgehead atoms. The van der Waals surface area contributed by atoms with Crippen LogP contribution in [0.5, 0.6) is 0 Å². The van der Waals surface area contributed by atoms with Crippen molar-refractivity contribution in [2.24, 2.45) is 17.4 Å². The van der Waals surface area contributed by atoms with E-state index in [0.29, 0.717) is 18.2 Å². The van der Waals surface area contributed by atoms with Crippen LogP contribution in [0.3, 0.4) is 0 Å². The van der Waals surface area contributed by atoms with Crippen molar-refractivity contribution in [1.82, 2.24) is 15.0 Å². The van der Waals surface area contributed by atoms with Gasteiger partial charge < -0.3 is 11.5 Å². The fraction of sp³-hybridized carbons (Fsp3) is 0.240. The van der Waals surface area contributed by atoms with Gasteiger partial charge in [-0.25, -0.2) is 9.97 Å². The number of fused-ring (bicyclic) bond motifs is 1. The first kappa shape index (κ1) is 19.8. The molecule has 0 saturated heterocycles. The Labute approximate surface area is 185 Å². The molecule has 6 heteroatoms. The van der Waals surface area contributed by atoms with Gasteiger partial charge in [0.1, 0.15) is 5.52 Å². The number of benzene rings is 1. The summed E-state index contributed by atoms with van der Waals surface area (Å²) >= 11 is 1.59. The van der Waals surface area contributed by atoms with E-state index >= 15 is 0 Å². The van der Waals surface area contributed by atoms with E-state index in [1.165, 1.54) is 12.8 Å². The molecule has 4 N–H and O–H groups in total. The van der Waals surface area contributed by atoms with Crippen molar-refractivity contribution in [3.05, 3.63) is 77.1 Å². The highest BCUT2D eigenvalue weighted by Crippen LogP contribution is 2.33. The van der Waals surface area contributed by atoms with E-state index in [0.717, 1.165) is 32.6 Å². The van der Waals surface area contributed by atoms with Crippen LogP contribution in [0.15, 0.2) is 60.2 Å². The zero-order valence-electron chi connectivity index (χ0n) is 17.0. The van der Waals surface area contributed by atoms with Crippen LogP contribution in [0.2, 0.25) is 0 Å². The van der Waals surface area contributed by atoms with Crippen LogP contribution in [0.1, 0.15) is 35.7 Å². The minimum atomic E-state index is -0.422. The minimum Gasteiger partial charge on any atom is -0.326 e. The Hall–Kier alpha value is -3.11. The summed E-state index contributed by atoms with van der Waals surface area (Å²) in [6.45, 7) is 0. The van der Waals surface area contributed by atoms with E-state index in [4.69, 9.17) is 21.4 Å². The van der Waals surface area contributed by atoms with Crippen LogP contribution < -0.4 is 11.5 Å². The van der Waals surface area contributed by atoms with E-state index in [-0.39, 0.29) is 6.04 Å². The van der Waals surface area contributed by atoms with Gasteiger partial charge in [0.15, 0.2) is 5.82 Å². The Morgan fingerprint density at radius 3 is 2.55 bits per heavy atom. The summed E-state index contributed by atoms with van der Waals surface area (Å²) in [7, 11) is 0. The van der Waals surface area contributed by atoms with Crippen molar-refractivity contribution in [2.75, 3.05) is 0 Å². The van der Waals surface area contributed by atoms with E-state index < -0.39 is 6.04 Å². The molecule has 0 spiro atoms. The van der Waals surface area contributed by atoms with Gasteiger partial charge >= 0.3 is 0 Å². The summed E-state index contributed by atoms with van der Waals surface area (Å²) in [5.41, 5.74) is 17.9. The molecule has 0 radical (unpaired) electrons. The number of aromatic nitrogens is 3. The van der Waals surface area contributed by atoms with Crippen LogP contribution in [0.25, 0.3) is 21.6 Å². The predicted molar refractivity (Wildman–Crippen MR) is 125 cm³/mol. The Morgan fingerprint density at radius 2 is 1.81 bits per heavy atom. The molecule has 3 aromatic heterocycles. The number of thiophene rings is 1. The highest BCUT2D eigenvalue weighted by molar-refractivity contribution is 7.17. The standard InChI is InChI=1S/C25H23N5S/c26-20(14-17-4-2-1-3-5-17)21(27)23-24-22(19(15-31-24)9-8-16-6-7-16)29-25(30-23)18-10-12-28-13-11-18/h1-5,10-13,15-16,20-21H,6-7,14,26-27H2. The first-order chi connectivity index (χ1) is 15.2. The lowest BCUT2D eigenvalue weighted by atomic mass is 9.98. The first-order valence-corrected chi connectivity index (χ1v) is 11.3. The summed E-state index contributed by atoms with van der Waals surface area (Å²) in [6.07, 6.45) is 6.54. The first-order valence-electron chi connectivity index (χ1n) is 10.4. The number of nitrogens with two attached hydrogens (primary N) is 2. The second kappa shape index (κ2) is 8.56. The Morgan fingerprint density at radius 1 is 1.03 bits per heavy atom. The molecule has 2 atom stereocenters. The zero-order chi connectivity index (χ0) is 21.2. The molecule has 5 rings (SSSR count). The fourth-order valence-electron chi connectivity index (χ4n) is 3.51. The third-order valence-corrected chi connectivity index (χ3v) is 6.45. The second-order valence-corrected chi connectivity index (χ2v) is 8.80. The van der Waals surface area contributed by atoms with Gasteiger partial charge in [-0.1, -0.05) is 42.2 Å². The SMILES string of the molecule is NC(Cc1ccccc1)C(N)c1nc(-c2ccncc2)nc2c(C#CC3CC3)csc12. The van der Waals surface area contributed by atoms with Crippen LogP contribution in [0, 0.1) is 17.8 Å². The quantitative estimate of drug-likeness (QED) is 0.470. The van der Waals surface area contributed by atoms with Crippen LogP contribution in [-0.2, 0) is 6.42 Å². The number of hydrogen-bond donors (Lipinski definition) is 2. The average Bonchev–Trinajstić information content (AvgIpc) is 3.56. The normalized spacial score (nSPS) is 15.3. The molecule has 0 amide bonds. The summed E-state index contributed by atoms with van der Waals surface area (Å²) in [4.78, 5) is 13.8. The Kier molecular flexibility index (Phi) is 5.47. The predicted octanol–water partition coefficient (Wildman–Crippen LogP) is 4.08. The highest BCUT2D eigenvalue weighted by Gasteiger charge is 2.24. The monoisotopic (exact) mass is 425 g/mol. The summed E-state index contributed by atoms with van der Waals surface area (Å²) in [5.74, 6) is 7.82. The lowest BCUT2D eigenvalue weighted by Gasteiger charge is -2.20. The molecule has 1 aliphatic rings. The van der Waals surface area contributed by atoms with E-state index in [1.54, 1.807) is 23.7 Å². The second-order valence-electron chi connectivity index (χ2n) is 7.92. The Balaban J connectivity index is 1.57. The molecular formula is C25H23N5S. The lowest BCUT2D eigenvalue weighted by molar-refractivity contribution is 0.537. The van der Waals surface area contributed by atoms with Gasteiger partial charge in [-0.2, -0.15) is 0 Å². The van der Waals surface area contributed by atoms with Crippen molar-refractivity contribution in [3.63, 3.8) is 0 Å². The number of rotatable bonds is 5. The molecule has 1 aromatic carbocycles. The fourth-order valence-corrected chi connectivity index (χ4v) is 4.48. The number of nitrogens with zero attached hydrogens (tertiary/aromatic N) is 3. The van der Waals surface area contributed by atoms with Gasteiger partial charge in [-0.15, -0.1) is 11.3 Å². The molecule has 31 heavy (non-hydrogen) atoms. The van der Waals surface area contributed by atoms with Gasteiger partial charge in [0, 0.05) is 35.3 Å². The molecule has 1 aliphatic carbocycles. The Bertz CT molecular complexity index is 1250. The van der Waals surface area contributed by atoms with Crippen LogP contribution in [-0.4, -0.2) is 21.0 Å². The molecule has 4 aromatic rings. The topological polar surface area (TPSA) is 90.7 Å². The van der Waals surface area contributed by atoms with Crippen LogP contribution in [0.4, 0.5) is 0 Å². The molecule has 3 heterocycles. The maximum absolute atomic E-state index is 6.68. The van der Waals surface area contributed by atoms with Crippen molar-refractivity contribution in [3.8, 4) is 23.2 Å². The van der Waals surface area contributed by atoms with E-state index in [9.17, 15) is 0 Å². The number of pyridine rings is 1. The molecule has 5 nitrogen and oxygen atoms in total. The highest BCUT2D eigenvalue weighted by atomic mass is 32.1. The van der Waals surface area contributed by atoms with Crippen LogP contribution >= 0.6 is 11.3 Å². The maximum atomic E-state index is 6.68. The van der Waals surface area contributed by atoms with Gasteiger partial charge in [-0.3, -0.25) is 4.98 Å². The third kappa shape index (κ3) is 4.35. The molecule has 154 valence electrons. The molecule has 0 aliphatic heterocycles.